The van der Waals surface area contributed by atoms with E-state index in [0.717, 1.165) is 0 Å². The van der Waals surface area contributed by atoms with E-state index in [1.54, 1.807) is 19.2 Å². The summed E-state index contributed by atoms with van der Waals surface area (Å²) in [4.78, 5) is 12.1. The normalized spacial score (nSPS) is 10.2. The summed E-state index contributed by atoms with van der Waals surface area (Å²) in [6.07, 6.45) is 0. The first-order chi connectivity index (χ1) is 10.1. The monoisotopic (exact) mass is 298 g/mol. The van der Waals surface area contributed by atoms with Crippen LogP contribution in [0, 0.1) is 0 Å². The van der Waals surface area contributed by atoms with Crippen LogP contribution < -0.4 is 20.5 Å². The summed E-state index contributed by atoms with van der Waals surface area (Å²) in [5.74, 6) is 0.645. The second-order valence-electron chi connectivity index (χ2n) is 4.16. The van der Waals surface area contributed by atoms with Gasteiger partial charge in [0.25, 0.3) is 5.91 Å². The van der Waals surface area contributed by atoms with E-state index in [2.05, 4.69) is 5.32 Å². The summed E-state index contributed by atoms with van der Waals surface area (Å²) in [7, 11) is 4.61. The Labute approximate surface area is 124 Å². The van der Waals surface area contributed by atoms with Crippen molar-refractivity contribution in [3.8, 4) is 11.5 Å². The quantitative estimate of drug-likeness (QED) is 0.514. The van der Waals surface area contributed by atoms with Crippen molar-refractivity contribution in [3.05, 3.63) is 17.7 Å². The Morgan fingerprint density at radius 2 is 1.76 bits per heavy atom. The van der Waals surface area contributed by atoms with E-state index >= 15 is 0 Å². The van der Waals surface area contributed by atoms with Gasteiger partial charge in [-0.25, -0.2) is 0 Å². The van der Waals surface area contributed by atoms with Gasteiger partial charge in [-0.15, -0.1) is 0 Å². The van der Waals surface area contributed by atoms with Gasteiger partial charge in [-0.05, 0) is 6.07 Å². The molecule has 7 heteroatoms. The zero-order valence-electron chi connectivity index (χ0n) is 12.6. The molecule has 1 rings (SSSR count). The first kappa shape index (κ1) is 17.1. The maximum Gasteiger partial charge on any atom is 0.253 e. The van der Waals surface area contributed by atoms with Crippen molar-refractivity contribution in [2.45, 2.75) is 0 Å². The molecule has 0 aliphatic heterocycles. The third-order valence-corrected chi connectivity index (χ3v) is 2.76. The van der Waals surface area contributed by atoms with Gasteiger partial charge in [-0.3, -0.25) is 4.79 Å². The molecule has 0 atom stereocenters. The van der Waals surface area contributed by atoms with Gasteiger partial charge in [0.1, 0.15) is 0 Å². The highest BCUT2D eigenvalue weighted by atomic mass is 16.5. The van der Waals surface area contributed by atoms with Gasteiger partial charge in [0.15, 0.2) is 11.5 Å². The molecule has 0 spiro atoms. The van der Waals surface area contributed by atoms with Crippen LogP contribution in [0.4, 0.5) is 5.69 Å². The number of nitrogen functional groups attached to an aromatic ring is 1. The Kier molecular flexibility index (Phi) is 7.34. The van der Waals surface area contributed by atoms with Crippen LogP contribution in [0.25, 0.3) is 0 Å². The average molecular weight is 298 g/mol. The van der Waals surface area contributed by atoms with Crippen LogP contribution in [-0.4, -0.2) is 53.6 Å². The summed E-state index contributed by atoms with van der Waals surface area (Å²) >= 11 is 0. The van der Waals surface area contributed by atoms with E-state index < -0.39 is 0 Å². The topological polar surface area (TPSA) is 92.0 Å². The minimum absolute atomic E-state index is 0.288. The second-order valence-corrected chi connectivity index (χ2v) is 4.16. The zero-order valence-corrected chi connectivity index (χ0v) is 12.6. The van der Waals surface area contributed by atoms with Crippen molar-refractivity contribution in [1.82, 2.24) is 5.32 Å². The molecule has 1 aromatic carbocycles. The first-order valence-electron chi connectivity index (χ1n) is 6.50. The van der Waals surface area contributed by atoms with Crippen molar-refractivity contribution in [2.24, 2.45) is 0 Å². The van der Waals surface area contributed by atoms with Crippen molar-refractivity contribution in [3.63, 3.8) is 0 Å². The number of amides is 1. The van der Waals surface area contributed by atoms with Crippen LogP contribution in [-0.2, 0) is 9.47 Å². The molecule has 0 aromatic heterocycles. The van der Waals surface area contributed by atoms with Crippen LogP contribution >= 0.6 is 0 Å². The smallest absolute Gasteiger partial charge is 0.253 e. The fraction of sp³-hybridized carbons (Fsp3) is 0.500. The first-order valence-corrected chi connectivity index (χ1v) is 6.50. The van der Waals surface area contributed by atoms with E-state index in [4.69, 9.17) is 24.7 Å². The number of rotatable bonds is 9. The Hall–Kier alpha value is -1.99. The number of nitrogens with two attached hydrogens (primary N) is 1. The minimum Gasteiger partial charge on any atom is -0.493 e. The third kappa shape index (κ3) is 5.13. The number of benzene rings is 1. The second kappa shape index (κ2) is 9.04. The molecule has 3 N–H and O–H groups in total. The lowest BCUT2D eigenvalue weighted by Crippen LogP contribution is -2.28. The summed E-state index contributed by atoms with van der Waals surface area (Å²) in [5, 5.41) is 2.72. The maximum atomic E-state index is 12.1. The molecule has 0 fully saturated rings. The average Bonchev–Trinajstić information content (AvgIpc) is 2.50. The molecule has 0 radical (unpaired) electrons. The lowest BCUT2D eigenvalue weighted by atomic mass is 10.1. The number of hydrogen-bond donors (Lipinski definition) is 2. The third-order valence-electron chi connectivity index (χ3n) is 2.76. The number of methoxy groups -OCH3 is 3. The van der Waals surface area contributed by atoms with Crippen molar-refractivity contribution >= 4 is 11.6 Å². The number of hydrogen-bond acceptors (Lipinski definition) is 6. The van der Waals surface area contributed by atoms with Crippen molar-refractivity contribution < 1.29 is 23.7 Å². The number of nitrogens with one attached hydrogen (secondary N) is 1. The van der Waals surface area contributed by atoms with E-state index in [-0.39, 0.29) is 5.91 Å². The van der Waals surface area contributed by atoms with Crippen LogP contribution in [0.15, 0.2) is 12.1 Å². The van der Waals surface area contributed by atoms with Crippen LogP contribution in [0.2, 0.25) is 0 Å². The zero-order chi connectivity index (χ0) is 15.7. The molecule has 1 aromatic rings. The van der Waals surface area contributed by atoms with E-state index in [9.17, 15) is 4.79 Å². The predicted molar refractivity (Wildman–Crippen MR) is 79.0 cm³/mol. The van der Waals surface area contributed by atoms with Gasteiger partial charge < -0.3 is 30.0 Å². The molecule has 0 bridgehead atoms. The Morgan fingerprint density at radius 3 is 2.38 bits per heavy atom. The summed E-state index contributed by atoms with van der Waals surface area (Å²) in [6.45, 7) is 1.81. The molecule has 0 saturated heterocycles. The largest absolute Gasteiger partial charge is 0.493 e. The van der Waals surface area contributed by atoms with Gasteiger partial charge >= 0.3 is 0 Å². The summed E-state index contributed by atoms with van der Waals surface area (Å²) in [5.41, 5.74) is 6.51. The van der Waals surface area contributed by atoms with Gasteiger partial charge in [-0.1, -0.05) is 0 Å². The molecule has 0 aliphatic carbocycles. The highest BCUT2D eigenvalue weighted by Crippen LogP contribution is 2.31. The molecule has 7 nitrogen and oxygen atoms in total. The van der Waals surface area contributed by atoms with E-state index in [0.29, 0.717) is 49.1 Å². The van der Waals surface area contributed by atoms with E-state index in [1.165, 1.54) is 14.2 Å². The number of carbonyl (C=O) groups is 1. The summed E-state index contributed by atoms with van der Waals surface area (Å²) in [6, 6.07) is 3.11. The predicted octanol–water partition coefficient (Wildman–Crippen LogP) is 0.679. The molecule has 0 saturated carbocycles. The maximum absolute atomic E-state index is 12.1. The molecule has 0 aliphatic rings. The van der Waals surface area contributed by atoms with Crippen molar-refractivity contribution in [1.29, 1.82) is 0 Å². The molecular weight excluding hydrogens is 276 g/mol. The lowest BCUT2D eigenvalue weighted by Gasteiger charge is -2.12. The van der Waals surface area contributed by atoms with Gasteiger partial charge in [0, 0.05) is 25.4 Å². The highest BCUT2D eigenvalue weighted by molar-refractivity contribution is 6.00. The molecular formula is C14H22N2O5. The fourth-order valence-corrected chi connectivity index (χ4v) is 1.67. The fourth-order valence-electron chi connectivity index (χ4n) is 1.67. The van der Waals surface area contributed by atoms with E-state index in [1.807, 2.05) is 0 Å². The lowest BCUT2D eigenvalue weighted by molar-refractivity contribution is 0.0693. The Morgan fingerprint density at radius 1 is 1.10 bits per heavy atom. The van der Waals surface area contributed by atoms with Gasteiger partial charge in [0.2, 0.25) is 0 Å². The number of carbonyl (C=O) groups excluding carboxylic acids is 1. The SMILES string of the molecule is COCCOCCNC(=O)c1cc(OC)c(OC)cc1N. The van der Waals surface area contributed by atoms with Crippen LogP contribution in [0.3, 0.4) is 0 Å². The summed E-state index contributed by atoms with van der Waals surface area (Å²) < 4.78 is 20.4. The number of anilines is 1. The molecule has 0 unspecified atom stereocenters. The molecule has 1 amide bonds. The Bertz CT molecular complexity index is 465. The molecule has 118 valence electrons. The van der Waals surface area contributed by atoms with Crippen LogP contribution in [0.1, 0.15) is 10.4 Å². The minimum atomic E-state index is -0.288. The van der Waals surface area contributed by atoms with Crippen molar-refractivity contribution in [2.75, 3.05) is 53.4 Å². The Balaban J connectivity index is 2.57. The molecule has 21 heavy (non-hydrogen) atoms. The van der Waals surface area contributed by atoms with Gasteiger partial charge in [-0.2, -0.15) is 0 Å². The highest BCUT2D eigenvalue weighted by Gasteiger charge is 2.14. The molecule has 0 heterocycles. The standard InChI is InChI=1S/C14H22N2O5/c1-18-6-7-21-5-4-16-14(17)10-8-12(19-2)13(20-3)9-11(10)15/h8-9H,4-7,15H2,1-3H3,(H,16,17). The van der Waals surface area contributed by atoms with Gasteiger partial charge in [0.05, 0.1) is 39.6 Å². The van der Waals surface area contributed by atoms with Crippen LogP contribution in [0.5, 0.6) is 11.5 Å². The number of ether oxygens (including phenoxy) is 4.